The van der Waals surface area contributed by atoms with Gasteiger partial charge in [-0.3, -0.25) is 9.69 Å². The third kappa shape index (κ3) is 4.95. The minimum absolute atomic E-state index is 0.0588. The Morgan fingerprint density at radius 1 is 1.14 bits per heavy atom. The lowest BCUT2D eigenvalue weighted by Crippen LogP contribution is -2.39. The Bertz CT molecular complexity index is 830. The highest BCUT2D eigenvalue weighted by Crippen LogP contribution is 2.26. The Labute approximate surface area is 164 Å². The van der Waals surface area contributed by atoms with Gasteiger partial charge in [-0.05, 0) is 68.2 Å². The number of benzene rings is 2. The predicted molar refractivity (Wildman–Crippen MR) is 104 cm³/mol. The van der Waals surface area contributed by atoms with Crippen molar-refractivity contribution >= 4 is 11.9 Å². The summed E-state index contributed by atoms with van der Waals surface area (Å²) in [5.41, 5.74) is 7.80. The molecule has 2 aromatic carbocycles. The van der Waals surface area contributed by atoms with Gasteiger partial charge in [-0.2, -0.15) is 0 Å². The quantitative estimate of drug-likeness (QED) is 0.768. The van der Waals surface area contributed by atoms with Gasteiger partial charge in [-0.1, -0.05) is 24.3 Å². The van der Waals surface area contributed by atoms with Crippen LogP contribution < -0.4 is 5.73 Å². The molecular weight excluding hydrogens is 359 g/mol. The maximum absolute atomic E-state index is 13.1. The molecule has 1 amide bonds. The second-order valence-corrected chi connectivity index (χ2v) is 7.23. The van der Waals surface area contributed by atoms with E-state index in [-0.39, 0.29) is 17.5 Å². The molecule has 2 aromatic rings. The maximum atomic E-state index is 13.1. The molecular formula is C22H25FN2O3. The van der Waals surface area contributed by atoms with Crippen LogP contribution in [0.2, 0.25) is 0 Å². The molecule has 5 nitrogen and oxygen atoms in total. The number of hydrogen-bond donors (Lipinski definition) is 1. The molecule has 6 heteroatoms. The smallest absolute Gasteiger partial charge is 0.405 e. The molecule has 1 saturated heterocycles. The SMILES string of the molecule is Cc1ccccc1C(CN1CCC(C(=O)c2ccc(F)cc2)CC1)OC(N)=O. The number of nitrogens with two attached hydrogens (primary N) is 1. The molecule has 1 heterocycles. The maximum Gasteiger partial charge on any atom is 0.405 e. The van der Waals surface area contributed by atoms with Gasteiger partial charge in [-0.25, -0.2) is 9.18 Å². The van der Waals surface area contributed by atoms with Gasteiger partial charge in [0.05, 0.1) is 0 Å². The summed E-state index contributed by atoms with van der Waals surface area (Å²) in [5, 5.41) is 0. The molecule has 28 heavy (non-hydrogen) atoms. The van der Waals surface area contributed by atoms with Crippen LogP contribution in [0, 0.1) is 18.7 Å². The molecule has 1 unspecified atom stereocenters. The lowest BCUT2D eigenvalue weighted by molar-refractivity contribution is 0.0596. The first kappa shape index (κ1) is 20.0. The first-order valence-corrected chi connectivity index (χ1v) is 9.48. The summed E-state index contributed by atoms with van der Waals surface area (Å²) >= 11 is 0. The number of halogens is 1. The third-order valence-electron chi connectivity index (χ3n) is 5.30. The fourth-order valence-electron chi connectivity index (χ4n) is 3.75. The molecule has 0 spiro atoms. The Hall–Kier alpha value is -2.73. The van der Waals surface area contributed by atoms with Crippen molar-refractivity contribution in [3.8, 4) is 0 Å². The minimum atomic E-state index is -0.797. The Morgan fingerprint density at radius 3 is 2.39 bits per heavy atom. The van der Waals surface area contributed by atoms with Crippen LogP contribution in [0.25, 0.3) is 0 Å². The zero-order valence-corrected chi connectivity index (χ0v) is 15.9. The molecule has 0 radical (unpaired) electrons. The molecule has 1 atom stereocenters. The number of carbonyl (C=O) groups excluding carboxylic acids is 2. The number of amides is 1. The van der Waals surface area contributed by atoms with Crippen molar-refractivity contribution < 1.29 is 18.7 Å². The van der Waals surface area contributed by atoms with Crippen LogP contribution in [0.3, 0.4) is 0 Å². The van der Waals surface area contributed by atoms with E-state index in [2.05, 4.69) is 4.90 Å². The Morgan fingerprint density at radius 2 is 1.79 bits per heavy atom. The third-order valence-corrected chi connectivity index (χ3v) is 5.30. The van der Waals surface area contributed by atoms with Crippen molar-refractivity contribution in [1.29, 1.82) is 0 Å². The van der Waals surface area contributed by atoms with Crippen LogP contribution >= 0.6 is 0 Å². The predicted octanol–water partition coefficient (Wildman–Crippen LogP) is 3.87. The van der Waals surface area contributed by atoms with Gasteiger partial charge in [0.1, 0.15) is 11.9 Å². The van der Waals surface area contributed by atoms with Crippen molar-refractivity contribution in [2.75, 3.05) is 19.6 Å². The Balaban J connectivity index is 1.61. The number of piperidine rings is 1. The summed E-state index contributed by atoms with van der Waals surface area (Å²) in [6.45, 7) is 3.95. The average molecular weight is 384 g/mol. The number of ether oxygens (including phenoxy) is 1. The fraction of sp³-hybridized carbons (Fsp3) is 0.364. The van der Waals surface area contributed by atoms with E-state index in [1.54, 1.807) is 12.1 Å². The van der Waals surface area contributed by atoms with Crippen LogP contribution in [0.1, 0.15) is 40.4 Å². The number of aryl methyl sites for hydroxylation is 1. The number of primary amides is 1. The summed E-state index contributed by atoms with van der Waals surface area (Å²) in [6.07, 6.45) is 0.193. The van der Waals surface area contributed by atoms with Gasteiger partial charge < -0.3 is 10.5 Å². The van der Waals surface area contributed by atoms with E-state index in [4.69, 9.17) is 10.5 Å². The molecule has 3 rings (SSSR count). The van der Waals surface area contributed by atoms with E-state index in [0.29, 0.717) is 24.9 Å². The number of ketones is 1. The van der Waals surface area contributed by atoms with Crippen molar-refractivity contribution in [3.05, 3.63) is 71.0 Å². The van der Waals surface area contributed by atoms with E-state index >= 15 is 0 Å². The van der Waals surface area contributed by atoms with E-state index in [1.165, 1.54) is 12.1 Å². The van der Waals surface area contributed by atoms with Crippen molar-refractivity contribution in [3.63, 3.8) is 0 Å². The van der Waals surface area contributed by atoms with Gasteiger partial charge in [0.2, 0.25) is 0 Å². The van der Waals surface area contributed by atoms with Crippen molar-refractivity contribution in [2.45, 2.75) is 25.9 Å². The van der Waals surface area contributed by atoms with E-state index in [0.717, 1.165) is 24.2 Å². The lowest BCUT2D eigenvalue weighted by atomic mass is 9.88. The molecule has 0 aliphatic carbocycles. The largest absolute Gasteiger partial charge is 0.440 e. The monoisotopic (exact) mass is 384 g/mol. The molecule has 0 bridgehead atoms. The summed E-state index contributed by atoms with van der Waals surface area (Å²) < 4.78 is 18.4. The van der Waals surface area contributed by atoms with Crippen LogP contribution in [0.5, 0.6) is 0 Å². The minimum Gasteiger partial charge on any atom is -0.440 e. The second kappa shape index (κ2) is 8.97. The first-order valence-electron chi connectivity index (χ1n) is 9.48. The van der Waals surface area contributed by atoms with Crippen LogP contribution in [-0.4, -0.2) is 36.4 Å². The number of Topliss-reactive ketones (excluding diaryl/α,β-unsaturated/α-hetero) is 1. The van der Waals surface area contributed by atoms with E-state index in [1.807, 2.05) is 31.2 Å². The summed E-state index contributed by atoms with van der Waals surface area (Å²) in [5.74, 6) is -0.359. The van der Waals surface area contributed by atoms with Crippen LogP contribution in [0.4, 0.5) is 9.18 Å². The van der Waals surface area contributed by atoms with Gasteiger partial charge in [0.25, 0.3) is 0 Å². The normalized spacial score (nSPS) is 16.5. The molecule has 148 valence electrons. The average Bonchev–Trinajstić information content (AvgIpc) is 2.68. The van der Waals surface area contributed by atoms with Crippen molar-refractivity contribution in [1.82, 2.24) is 4.90 Å². The number of hydrogen-bond acceptors (Lipinski definition) is 4. The molecule has 1 aliphatic heterocycles. The number of likely N-dealkylation sites (tertiary alicyclic amines) is 1. The number of rotatable bonds is 6. The summed E-state index contributed by atoms with van der Waals surface area (Å²) in [6, 6.07) is 13.5. The van der Waals surface area contributed by atoms with Gasteiger partial charge in [-0.15, -0.1) is 0 Å². The second-order valence-electron chi connectivity index (χ2n) is 7.23. The van der Waals surface area contributed by atoms with Gasteiger partial charge in [0, 0.05) is 18.0 Å². The Kier molecular flexibility index (Phi) is 6.41. The van der Waals surface area contributed by atoms with E-state index < -0.39 is 12.2 Å². The number of nitrogens with zero attached hydrogens (tertiary/aromatic N) is 1. The zero-order valence-electron chi connectivity index (χ0n) is 15.9. The molecule has 2 N–H and O–H groups in total. The highest BCUT2D eigenvalue weighted by Gasteiger charge is 2.28. The van der Waals surface area contributed by atoms with E-state index in [9.17, 15) is 14.0 Å². The summed E-state index contributed by atoms with van der Waals surface area (Å²) in [4.78, 5) is 26.2. The highest BCUT2D eigenvalue weighted by atomic mass is 19.1. The fourth-order valence-corrected chi connectivity index (χ4v) is 3.75. The first-order chi connectivity index (χ1) is 13.4. The molecule has 0 saturated carbocycles. The highest BCUT2D eigenvalue weighted by molar-refractivity contribution is 5.97. The molecule has 1 fully saturated rings. The van der Waals surface area contributed by atoms with Crippen LogP contribution in [-0.2, 0) is 4.74 Å². The number of carbonyl (C=O) groups is 2. The standard InChI is InChI=1S/C22H25FN2O3/c1-15-4-2-3-5-19(15)20(28-22(24)27)14-25-12-10-17(11-13-25)21(26)16-6-8-18(23)9-7-16/h2-9,17,20H,10-14H2,1H3,(H2,24,27). The molecule has 0 aromatic heterocycles. The molecule has 1 aliphatic rings. The van der Waals surface area contributed by atoms with Crippen molar-refractivity contribution in [2.24, 2.45) is 11.7 Å². The van der Waals surface area contributed by atoms with Crippen LogP contribution in [0.15, 0.2) is 48.5 Å². The topological polar surface area (TPSA) is 72.6 Å². The van der Waals surface area contributed by atoms with Gasteiger partial charge in [0.15, 0.2) is 5.78 Å². The zero-order chi connectivity index (χ0) is 20.1. The summed E-state index contributed by atoms with van der Waals surface area (Å²) in [7, 11) is 0. The van der Waals surface area contributed by atoms with Gasteiger partial charge >= 0.3 is 6.09 Å². The lowest BCUT2D eigenvalue weighted by Gasteiger charge is -2.33.